The number of hydrogen-bond acceptors (Lipinski definition) is 4. The fourth-order valence-corrected chi connectivity index (χ4v) is 2.70. The molecule has 0 bridgehead atoms. The molecule has 1 heterocycles. The maximum Gasteiger partial charge on any atom is 0.411 e. The number of nitrogens with one attached hydrogen (secondary N) is 1. The quantitative estimate of drug-likeness (QED) is 0.855. The summed E-state index contributed by atoms with van der Waals surface area (Å²) >= 11 is 5.96. The van der Waals surface area contributed by atoms with Crippen LogP contribution in [0.25, 0.3) is 0 Å². The highest BCUT2D eigenvalue weighted by molar-refractivity contribution is 6.31. The van der Waals surface area contributed by atoms with E-state index < -0.39 is 23.8 Å². The third kappa shape index (κ3) is 4.61. The zero-order chi connectivity index (χ0) is 18.1. The van der Waals surface area contributed by atoms with Crippen molar-refractivity contribution < 1.29 is 19.4 Å². The van der Waals surface area contributed by atoms with Gasteiger partial charge < -0.3 is 15.2 Å². The summed E-state index contributed by atoms with van der Waals surface area (Å²) in [6.45, 7) is 7.17. The largest absolute Gasteiger partial charge is 0.444 e. The summed E-state index contributed by atoms with van der Waals surface area (Å²) < 4.78 is 5.32. The van der Waals surface area contributed by atoms with Gasteiger partial charge in [0.2, 0.25) is 5.91 Å². The first kappa shape index (κ1) is 18.5. The Balaban J connectivity index is 2.14. The van der Waals surface area contributed by atoms with Crippen LogP contribution in [0, 0.1) is 6.92 Å². The molecule has 1 aliphatic rings. The monoisotopic (exact) mass is 354 g/mol. The number of β-amino-alcohol motifs (C(OH)–C–C–N with tert-alkyl or cyclic N) is 1. The van der Waals surface area contributed by atoms with E-state index in [1.165, 1.54) is 4.90 Å². The molecule has 0 aromatic heterocycles. The number of hydrogen-bond donors (Lipinski definition) is 2. The molecule has 0 saturated carbocycles. The summed E-state index contributed by atoms with van der Waals surface area (Å²) in [6, 6.07) is 4.40. The molecule has 2 N–H and O–H groups in total. The van der Waals surface area contributed by atoms with Gasteiger partial charge in [-0.2, -0.15) is 0 Å². The average molecular weight is 355 g/mol. The highest BCUT2D eigenvalue weighted by Crippen LogP contribution is 2.25. The van der Waals surface area contributed by atoms with Crippen molar-refractivity contribution in [1.82, 2.24) is 4.90 Å². The summed E-state index contributed by atoms with van der Waals surface area (Å²) in [5.74, 6) is -0.372. The normalized spacial score (nSPS) is 20.8. The third-order valence-electron chi connectivity index (χ3n) is 3.67. The van der Waals surface area contributed by atoms with Gasteiger partial charge in [0.25, 0.3) is 0 Å². The Labute approximate surface area is 146 Å². The second-order valence-corrected chi connectivity index (χ2v) is 7.42. The molecule has 2 amide bonds. The van der Waals surface area contributed by atoms with Gasteiger partial charge in [0.05, 0.1) is 12.6 Å². The van der Waals surface area contributed by atoms with Gasteiger partial charge in [-0.3, -0.25) is 9.69 Å². The number of anilines is 1. The number of aryl methyl sites for hydroxylation is 1. The van der Waals surface area contributed by atoms with E-state index in [0.717, 1.165) is 5.56 Å². The first-order valence-corrected chi connectivity index (χ1v) is 8.19. The van der Waals surface area contributed by atoms with Gasteiger partial charge in [0.15, 0.2) is 0 Å². The fourth-order valence-electron chi connectivity index (χ4n) is 2.53. The van der Waals surface area contributed by atoms with Crippen LogP contribution in [0.5, 0.6) is 0 Å². The van der Waals surface area contributed by atoms with Crippen LogP contribution in [0.15, 0.2) is 18.2 Å². The van der Waals surface area contributed by atoms with Crippen LogP contribution >= 0.6 is 11.6 Å². The summed E-state index contributed by atoms with van der Waals surface area (Å²) in [6.07, 6.45) is -1.19. The number of ether oxygens (including phenoxy) is 1. The summed E-state index contributed by atoms with van der Waals surface area (Å²) in [5.41, 5.74) is 0.767. The van der Waals surface area contributed by atoms with Crippen molar-refractivity contribution in [3.8, 4) is 0 Å². The van der Waals surface area contributed by atoms with E-state index in [0.29, 0.717) is 10.7 Å². The lowest BCUT2D eigenvalue weighted by Crippen LogP contribution is -2.45. The lowest BCUT2D eigenvalue weighted by atomic mass is 10.1. The van der Waals surface area contributed by atoms with Crippen molar-refractivity contribution >= 4 is 29.3 Å². The number of aliphatic hydroxyl groups excluding tert-OH is 1. The lowest BCUT2D eigenvalue weighted by molar-refractivity contribution is -0.120. The molecular formula is C17H23ClN2O4. The van der Waals surface area contributed by atoms with Crippen LogP contribution in [0.1, 0.15) is 32.8 Å². The van der Waals surface area contributed by atoms with Crippen molar-refractivity contribution in [3.05, 3.63) is 28.8 Å². The SMILES string of the molecule is Cc1ccc(Cl)cc1NC(=O)[C@@H]1CC(O)CN1C(=O)OC(C)(C)C. The number of amides is 2. The minimum atomic E-state index is -0.784. The summed E-state index contributed by atoms with van der Waals surface area (Å²) in [7, 11) is 0. The predicted molar refractivity (Wildman–Crippen MR) is 92.2 cm³/mol. The number of likely N-dealkylation sites (tertiary alicyclic amines) is 1. The third-order valence-corrected chi connectivity index (χ3v) is 3.90. The Morgan fingerprint density at radius 1 is 1.38 bits per heavy atom. The molecule has 24 heavy (non-hydrogen) atoms. The second-order valence-electron chi connectivity index (χ2n) is 6.99. The first-order valence-electron chi connectivity index (χ1n) is 7.81. The minimum absolute atomic E-state index is 0.0710. The number of carbonyl (C=O) groups is 2. The fraction of sp³-hybridized carbons (Fsp3) is 0.529. The maximum atomic E-state index is 12.6. The van der Waals surface area contributed by atoms with Gasteiger partial charge in [-0.15, -0.1) is 0 Å². The molecule has 1 fully saturated rings. The molecule has 2 atom stereocenters. The van der Waals surface area contributed by atoms with Gasteiger partial charge in [0.1, 0.15) is 11.6 Å². The molecule has 0 aliphatic carbocycles. The number of carbonyl (C=O) groups excluding carboxylic acids is 2. The molecule has 1 aromatic rings. The Bertz CT molecular complexity index is 642. The van der Waals surface area contributed by atoms with E-state index in [2.05, 4.69) is 5.32 Å². The Kier molecular flexibility index (Phi) is 5.40. The molecule has 0 radical (unpaired) electrons. The highest BCUT2D eigenvalue weighted by atomic mass is 35.5. The number of halogens is 1. The topological polar surface area (TPSA) is 78.9 Å². The van der Waals surface area contributed by atoms with Crippen molar-refractivity contribution in [2.24, 2.45) is 0 Å². The molecule has 2 rings (SSSR count). The molecule has 6 nitrogen and oxygen atoms in total. The standard InChI is InChI=1S/C17H23ClN2O4/c1-10-5-6-11(18)7-13(10)19-15(22)14-8-12(21)9-20(14)16(23)24-17(2,3)4/h5-7,12,14,21H,8-9H2,1-4H3,(H,19,22)/t12?,14-/m0/s1. The van der Waals surface area contributed by atoms with Crippen LogP contribution in [-0.2, 0) is 9.53 Å². The van der Waals surface area contributed by atoms with Crippen molar-refractivity contribution in [1.29, 1.82) is 0 Å². The van der Waals surface area contributed by atoms with E-state index in [-0.39, 0.29) is 18.9 Å². The summed E-state index contributed by atoms with van der Waals surface area (Å²) in [4.78, 5) is 26.1. The van der Waals surface area contributed by atoms with Gasteiger partial charge in [0, 0.05) is 17.1 Å². The smallest absolute Gasteiger partial charge is 0.411 e. The zero-order valence-corrected chi connectivity index (χ0v) is 15.1. The van der Waals surface area contributed by atoms with Gasteiger partial charge >= 0.3 is 6.09 Å². The Morgan fingerprint density at radius 2 is 2.04 bits per heavy atom. The zero-order valence-electron chi connectivity index (χ0n) is 14.3. The lowest BCUT2D eigenvalue weighted by Gasteiger charge is -2.28. The number of benzene rings is 1. The number of rotatable bonds is 2. The Morgan fingerprint density at radius 3 is 2.67 bits per heavy atom. The van der Waals surface area contributed by atoms with E-state index in [4.69, 9.17) is 16.3 Å². The van der Waals surface area contributed by atoms with E-state index in [1.54, 1.807) is 39.0 Å². The average Bonchev–Trinajstić information content (AvgIpc) is 2.83. The van der Waals surface area contributed by atoms with Crippen LogP contribution in [0.4, 0.5) is 10.5 Å². The van der Waals surface area contributed by atoms with Crippen LogP contribution in [0.2, 0.25) is 5.02 Å². The molecule has 1 saturated heterocycles. The Hall–Kier alpha value is -1.79. The highest BCUT2D eigenvalue weighted by Gasteiger charge is 2.41. The van der Waals surface area contributed by atoms with Crippen LogP contribution in [0.3, 0.4) is 0 Å². The second kappa shape index (κ2) is 6.99. The number of nitrogens with zero attached hydrogens (tertiary/aromatic N) is 1. The molecule has 1 aromatic carbocycles. The maximum absolute atomic E-state index is 12.6. The first-order chi connectivity index (χ1) is 11.1. The number of aliphatic hydroxyl groups is 1. The van der Waals surface area contributed by atoms with E-state index >= 15 is 0 Å². The van der Waals surface area contributed by atoms with Gasteiger partial charge in [-0.25, -0.2) is 4.79 Å². The van der Waals surface area contributed by atoms with Crippen LogP contribution in [-0.4, -0.2) is 46.3 Å². The van der Waals surface area contributed by atoms with Crippen LogP contribution < -0.4 is 5.32 Å². The van der Waals surface area contributed by atoms with Crippen molar-refractivity contribution in [2.45, 2.75) is 51.9 Å². The van der Waals surface area contributed by atoms with Crippen molar-refractivity contribution in [2.75, 3.05) is 11.9 Å². The van der Waals surface area contributed by atoms with Crippen molar-refractivity contribution in [3.63, 3.8) is 0 Å². The van der Waals surface area contributed by atoms with Gasteiger partial charge in [-0.1, -0.05) is 17.7 Å². The molecule has 1 aliphatic heterocycles. The molecular weight excluding hydrogens is 332 g/mol. The minimum Gasteiger partial charge on any atom is -0.444 e. The molecule has 132 valence electrons. The molecule has 0 spiro atoms. The summed E-state index contributed by atoms with van der Waals surface area (Å²) in [5, 5.41) is 13.2. The van der Waals surface area contributed by atoms with E-state index in [1.807, 2.05) is 6.92 Å². The predicted octanol–water partition coefficient (Wildman–Crippen LogP) is 2.96. The van der Waals surface area contributed by atoms with Gasteiger partial charge in [-0.05, 0) is 45.4 Å². The molecule has 7 heteroatoms. The van der Waals surface area contributed by atoms with E-state index in [9.17, 15) is 14.7 Å². The molecule has 1 unspecified atom stereocenters.